The van der Waals surface area contributed by atoms with Crippen molar-refractivity contribution in [3.63, 3.8) is 0 Å². The lowest BCUT2D eigenvalue weighted by atomic mass is 10.1. The lowest BCUT2D eigenvalue weighted by molar-refractivity contribution is -0.120. The van der Waals surface area contributed by atoms with Crippen LogP contribution in [-0.4, -0.2) is 21.6 Å². The van der Waals surface area contributed by atoms with Crippen molar-refractivity contribution in [3.05, 3.63) is 68.8 Å². The number of carbonyl (C=O) groups excluding carboxylic acids is 2. The zero-order valence-electron chi connectivity index (χ0n) is 15.8. The predicted molar refractivity (Wildman–Crippen MR) is 116 cm³/mol. The summed E-state index contributed by atoms with van der Waals surface area (Å²) in [6.45, 7) is 3.64. The highest BCUT2D eigenvalue weighted by molar-refractivity contribution is 6.35. The second-order valence-electron chi connectivity index (χ2n) is 6.46. The number of halogens is 3. The number of imide groups is 1. The molecule has 0 bridgehead atoms. The summed E-state index contributed by atoms with van der Waals surface area (Å²) in [6, 6.07) is 12.2. The molecular weight excluding hydrogens is 433 g/mol. The zero-order valence-corrected chi connectivity index (χ0v) is 18.1. The number of carbonyl (C=O) groups is 2. The normalized spacial score (nSPS) is 10.8. The van der Waals surface area contributed by atoms with Crippen LogP contribution in [0.25, 0.3) is 16.9 Å². The molecular formula is C21H18Cl3N3O2. The van der Waals surface area contributed by atoms with E-state index in [0.29, 0.717) is 38.4 Å². The van der Waals surface area contributed by atoms with Crippen LogP contribution in [0.1, 0.15) is 35.8 Å². The van der Waals surface area contributed by atoms with Crippen LogP contribution in [0.15, 0.2) is 42.5 Å². The Morgan fingerprint density at radius 1 is 1.03 bits per heavy atom. The third kappa shape index (κ3) is 4.64. The van der Waals surface area contributed by atoms with Crippen molar-refractivity contribution in [2.75, 3.05) is 0 Å². The van der Waals surface area contributed by atoms with E-state index in [0.717, 1.165) is 5.56 Å². The Balaban J connectivity index is 2.16. The van der Waals surface area contributed by atoms with E-state index in [4.69, 9.17) is 34.8 Å². The van der Waals surface area contributed by atoms with Crippen molar-refractivity contribution in [3.8, 4) is 16.9 Å². The van der Waals surface area contributed by atoms with Crippen LogP contribution in [-0.2, 0) is 4.79 Å². The van der Waals surface area contributed by atoms with Crippen LogP contribution in [0.5, 0.6) is 0 Å². The summed E-state index contributed by atoms with van der Waals surface area (Å²) >= 11 is 18.4. The quantitative estimate of drug-likeness (QED) is 0.529. The first-order valence-electron chi connectivity index (χ1n) is 8.97. The van der Waals surface area contributed by atoms with Crippen LogP contribution in [0.2, 0.25) is 15.1 Å². The number of nitrogens with zero attached hydrogens (tertiary/aromatic N) is 2. The third-order valence-corrected chi connectivity index (χ3v) is 5.11. The minimum Gasteiger partial charge on any atom is -0.291 e. The van der Waals surface area contributed by atoms with Gasteiger partial charge >= 0.3 is 0 Å². The summed E-state index contributed by atoms with van der Waals surface area (Å²) in [6.07, 6.45) is 0.904. The van der Waals surface area contributed by atoms with E-state index in [1.807, 2.05) is 19.1 Å². The maximum atomic E-state index is 12.7. The first kappa shape index (κ1) is 21.4. The first-order chi connectivity index (χ1) is 13.8. The Morgan fingerprint density at radius 3 is 2.31 bits per heavy atom. The molecule has 2 aromatic carbocycles. The third-order valence-electron chi connectivity index (χ3n) is 4.32. The fourth-order valence-corrected chi connectivity index (χ4v) is 3.58. The van der Waals surface area contributed by atoms with Crippen molar-refractivity contribution >= 4 is 46.6 Å². The molecule has 0 radical (unpaired) electrons. The van der Waals surface area contributed by atoms with Gasteiger partial charge in [0.05, 0.1) is 16.4 Å². The highest BCUT2D eigenvalue weighted by atomic mass is 35.5. The standard InChI is InChI=1S/C21H18Cl3N3O2/c1-3-4-18(28)25-21(29)19-12(2)20(13-5-7-14(22)8-6-13)27(26-19)17-10-9-15(23)11-16(17)24/h5-11H,3-4H2,1-2H3,(H,25,28,29). The summed E-state index contributed by atoms with van der Waals surface area (Å²) in [5.74, 6) is -0.899. The molecule has 0 aliphatic rings. The maximum absolute atomic E-state index is 12.7. The van der Waals surface area contributed by atoms with Gasteiger partial charge in [0, 0.05) is 27.6 Å². The van der Waals surface area contributed by atoms with E-state index >= 15 is 0 Å². The fraction of sp³-hybridized carbons (Fsp3) is 0.190. The van der Waals surface area contributed by atoms with Crippen LogP contribution >= 0.6 is 34.8 Å². The largest absolute Gasteiger partial charge is 0.291 e. The average molecular weight is 451 g/mol. The number of hydrogen-bond acceptors (Lipinski definition) is 3. The van der Waals surface area contributed by atoms with Gasteiger partial charge in [-0.1, -0.05) is 53.9 Å². The topological polar surface area (TPSA) is 64.0 Å². The molecule has 1 aromatic heterocycles. The summed E-state index contributed by atoms with van der Waals surface area (Å²) in [5.41, 5.74) is 2.77. The number of benzene rings is 2. The lowest BCUT2D eigenvalue weighted by Gasteiger charge is -2.11. The van der Waals surface area contributed by atoms with E-state index in [-0.39, 0.29) is 18.0 Å². The van der Waals surface area contributed by atoms with Crippen LogP contribution in [0.3, 0.4) is 0 Å². The van der Waals surface area contributed by atoms with Gasteiger partial charge in [0.15, 0.2) is 5.69 Å². The van der Waals surface area contributed by atoms with Crippen molar-refractivity contribution in [2.45, 2.75) is 26.7 Å². The number of amides is 2. The molecule has 150 valence electrons. The average Bonchev–Trinajstić information content (AvgIpc) is 3.00. The molecule has 0 atom stereocenters. The van der Waals surface area contributed by atoms with Crippen molar-refractivity contribution in [2.24, 2.45) is 0 Å². The zero-order chi connectivity index (χ0) is 21.1. The molecule has 0 unspecified atom stereocenters. The van der Waals surface area contributed by atoms with Crippen molar-refractivity contribution < 1.29 is 9.59 Å². The number of nitrogens with one attached hydrogen (secondary N) is 1. The Morgan fingerprint density at radius 2 is 1.69 bits per heavy atom. The minimum atomic E-state index is -0.556. The molecule has 0 saturated carbocycles. The van der Waals surface area contributed by atoms with E-state index in [1.54, 1.807) is 41.9 Å². The van der Waals surface area contributed by atoms with Gasteiger partial charge in [0.25, 0.3) is 5.91 Å². The molecule has 2 amide bonds. The number of hydrogen-bond donors (Lipinski definition) is 1. The first-order valence-corrected chi connectivity index (χ1v) is 10.1. The van der Waals surface area contributed by atoms with E-state index in [1.165, 1.54) is 0 Å². The molecule has 0 spiro atoms. The summed E-state index contributed by atoms with van der Waals surface area (Å²) in [7, 11) is 0. The van der Waals surface area contributed by atoms with Gasteiger partial charge in [0.1, 0.15) is 0 Å². The monoisotopic (exact) mass is 449 g/mol. The Bertz CT molecular complexity index is 1080. The number of rotatable bonds is 5. The summed E-state index contributed by atoms with van der Waals surface area (Å²) in [5, 5.41) is 8.31. The molecule has 29 heavy (non-hydrogen) atoms. The summed E-state index contributed by atoms with van der Waals surface area (Å²) < 4.78 is 1.58. The van der Waals surface area contributed by atoms with Crippen molar-refractivity contribution in [1.29, 1.82) is 0 Å². The Labute approximate surface area is 183 Å². The van der Waals surface area contributed by atoms with Gasteiger partial charge < -0.3 is 0 Å². The molecule has 1 N–H and O–H groups in total. The molecule has 3 aromatic rings. The van der Waals surface area contributed by atoms with Gasteiger partial charge in [0.2, 0.25) is 5.91 Å². The maximum Gasteiger partial charge on any atom is 0.278 e. The van der Waals surface area contributed by atoms with E-state index in [9.17, 15) is 9.59 Å². The molecule has 0 aliphatic heterocycles. The van der Waals surface area contributed by atoms with Gasteiger partial charge in [-0.25, -0.2) is 4.68 Å². The van der Waals surface area contributed by atoms with E-state index < -0.39 is 5.91 Å². The lowest BCUT2D eigenvalue weighted by Crippen LogP contribution is -2.30. The minimum absolute atomic E-state index is 0.144. The van der Waals surface area contributed by atoms with Crippen LogP contribution < -0.4 is 5.32 Å². The van der Waals surface area contributed by atoms with Crippen molar-refractivity contribution in [1.82, 2.24) is 15.1 Å². The second-order valence-corrected chi connectivity index (χ2v) is 7.74. The molecule has 5 nitrogen and oxygen atoms in total. The highest BCUT2D eigenvalue weighted by Crippen LogP contribution is 2.33. The predicted octanol–water partition coefficient (Wildman–Crippen LogP) is 5.86. The molecule has 0 saturated heterocycles. The van der Waals surface area contributed by atoms with Gasteiger partial charge in [-0.3, -0.25) is 14.9 Å². The van der Waals surface area contributed by atoms with Gasteiger partial charge in [-0.15, -0.1) is 0 Å². The highest BCUT2D eigenvalue weighted by Gasteiger charge is 2.24. The van der Waals surface area contributed by atoms with Crippen LogP contribution in [0, 0.1) is 6.92 Å². The molecule has 1 heterocycles. The Hall–Kier alpha value is -2.34. The van der Waals surface area contributed by atoms with Gasteiger partial charge in [-0.05, 0) is 43.7 Å². The molecule has 0 aliphatic carbocycles. The molecule has 8 heteroatoms. The second kappa shape index (κ2) is 8.99. The molecule has 0 fully saturated rings. The molecule has 3 rings (SSSR count). The smallest absolute Gasteiger partial charge is 0.278 e. The fourth-order valence-electron chi connectivity index (χ4n) is 2.96. The van der Waals surface area contributed by atoms with E-state index in [2.05, 4.69) is 10.4 Å². The Kier molecular flexibility index (Phi) is 6.63. The summed E-state index contributed by atoms with van der Waals surface area (Å²) in [4.78, 5) is 24.6. The SMILES string of the molecule is CCCC(=O)NC(=O)c1nn(-c2ccc(Cl)cc2Cl)c(-c2ccc(Cl)cc2)c1C. The number of aromatic nitrogens is 2. The van der Waals surface area contributed by atoms with Crippen LogP contribution in [0.4, 0.5) is 0 Å². The van der Waals surface area contributed by atoms with Gasteiger partial charge in [-0.2, -0.15) is 5.10 Å².